The average Bonchev–Trinajstić information content (AvgIpc) is 3.23. The first kappa shape index (κ1) is 15.4. The first-order valence-electron chi connectivity index (χ1n) is 9.01. The summed E-state index contributed by atoms with van der Waals surface area (Å²) in [5.41, 5.74) is 5.04. The smallest absolute Gasteiger partial charge is 0.159 e. The maximum Gasteiger partial charge on any atom is 0.159 e. The number of morpholine rings is 1. The number of aromatic amines is 2. The molecule has 132 valence electrons. The lowest BCUT2D eigenvalue weighted by Gasteiger charge is -2.36. The Bertz CT molecular complexity index is 1070. The molecule has 5 rings (SSSR count). The third kappa shape index (κ3) is 2.54. The summed E-state index contributed by atoms with van der Waals surface area (Å²) in [6.45, 7) is 6.05. The molecule has 6 nitrogen and oxygen atoms in total. The molecule has 0 amide bonds. The van der Waals surface area contributed by atoms with Gasteiger partial charge in [-0.2, -0.15) is 5.10 Å². The molecule has 3 heterocycles. The molecule has 0 bridgehead atoms. The van der Waals surface area contributed by atoms with Crippen molar-refractivity contribution in [2.45, 2.75) is 26.1 Å². The molecule has 2 N–H and O–H groups in total. The van der Waals surface area contributed by atoms with E-state index in [0.29, 0.717) is 0 Å². The number of anilines is 1. The first-order chi connectivity index (χ1) is 12.7. The lowest BCUT2D eigenvalue weighted by Crippen LogP contribution is -2.45. The molecule has 2 unspecified atom stereocenters. The number of para-hydroxylation sites is 1. The first-order valence-corrected chi connectivity index (χ1v) is 9.01. The predicted molar refractivity (Wildman–Crippen MR) is 103 cm³/mol. The monoisotopic (exact) mass is 347 g/mol. The second-order valence-electron chi connectivity index (χ2n) is 7.07. The highest BCUT2D eigenvalue weighted by atomic mass is 16.5. The fourth-order valence-electron chi connectivity index (χ4n) is 3.84. The fraction of sp³-hybridized carbons (Fsp3) is 0.300. The minimum Gasteiger partial charge on any atom is -0.372 e. The number of hydrogen-bond donors (Lipinski definition) is 2. The van der Waals surface area contributed by atoms with Gasteiger partial charge in [-0.3, -0.25) is 5.10 Å². The van der Waals surface area contributed by atoms with Crippen LogP contribution >= 0.6 is 0 Å². The zero-order valence-electron chi connectivity index (χ0n) is 14.9. The van der Waals surface area contributed by atoms with Gasteiger partial charge in [0, 0.05) is 24.2 Å². The van der Waals surface area contributed by atoms with E-state index in [0.717, 1.165) is 46.5 Å². The number of rotatable bonds is 2. The van der Waals surface area contributed by atoms with Gasteiger partial charge in [-0.05, 0) is 38.1 Å². The maximum absolute atomic E-state index is 5.85. The number of aromatic nitrogens is 4. The quantitative estimate of drug-likeness (QED) is 0.580. The van der Waals surface area contributed by atoms with Crippen molar-refractivity contribution in [2.75, 3.05) is 18.0 Å². The Kier molecular flexibility index (Phi) is 3.46. The number of fused-ring (bicyclic) bond motifs is 2. The van der Waals surface area contributed by atoms with E-state index in [1.165, 1.54) is 5.69 Å². The molecule has 1 aliphatic heterocycles. The fourth-order valence-corrected chi connectivity index (χ4v) is 3.84. The molecule has 0 saturated carbocycles. The largest absolute Gasteiger partial charge is 0.372 e. The zero-order chi connectivity index (χ0) is 17.7. The molecule has 0 radical (unpaired) electrons. The molecule has 2 atom stereocenters. The van der Waals surface area contributed by atoms with Crippen LogP contribution in [0, 0.1) is 0 Å². The Hall–Kier alpha value is -2.86. The zero-order valence-corrected chi connectivity index (χ0v) is 14.9. The summed E-state index contributed by atoms with van der Waals surface area (Å²) < 4.78 is 5.85. The molecular formula is C20H21N5O. The molecule has 1 fully saturated rings. The van der Waals surface area contributed by atoms with E-state index >= 15 is 0 Å². The summed E-state index contributed by atoms with van der Waals surface area (Å²) in [6, 6.07) is 14.5. The van der Waals surface area contributed by atoms with Crippen LogP contribution in [-0.2, 0) is 4.74 Å². The van der Waals surface area contributed by atoms with Crippen molar-refractivity contribution < 1.29 is 4.74 Å². The van der Waals surface area contributed by atoms with Crippen LogP contribution in [0.25, 0.3) is 33.5 Å². The molecule has 1 aliphatic rings. The second kappa shape index (κ2) is 5.85. The van der Waals surface area contributed by atoms with Crippen LogP contribution in [0.15, 0.2) is 42.5 Å². The summed E-state index contributed by atoms with van der Waals surface area (Å²) in [5.74, 6) is 0.790. The third-order valence-corrected chi connectivity index (χ3v) is 4.94. The van der Waals surface area contributed by atoms with E-state index in [9.17, 15) is 0 Å². The van der Waals surface area contributed by atoms with Gasteiger partial charge in [0.2, 0.25) is 0 Å². The van der Waals surface area contributed by atoms with E-state index in [1.807, 2.05) is 18.2 Å². The molecule has 6 heteroatoms. The van der Waals surface area contributed by atoms with Gasteiger partial charge in [-0.15, -0.1) is 0 Å². The lowest BCUT2D eigenvalue weighted by molar-refractivity contribution is -0.00521. The van der Waals surface area contributed by atoms with Crippen LogP contribution in [0.2, 0.25) is 0 Å². The Balaban J connectivity index is 1.54. The topological polar surface area (TPSA) is 69.8 Å². The number of nitrogens with one attached hydrogen (secondary N) is 2. The van der Waals surface area contributed by atoms with Crippen molar-refractivity contribution in [3.05, 3.63) is 42.5 Å². The van der Waals surface area contributed by atoms with Gasteiger partial charge in [-0.25, -0.2) is 4.98 Å². The van der Waals surface area contributed by atoms with Crippen molar-refractivity contribution in [3.8, 4) is 11.5 Å². The van der Waals surface area contributed by atoms with Gasteiger partial charge in [0.1, 0.15) is 5.69 Å². The predicted octanol–water partition coefficient (Wildman–Crippen LogP) is 3.72. The van der Waals surface area contributed by atoms with E-state index in [-0.39, 0.29) is 12.2 Å². The summed E-state index contributed by atoms with van der Waals surface area (Å²) in [6.07, 6.45) is 0.476. The number of ether oxygens (including phenoxy) is 1. The van der Waals surface area contributed by atoms with Crippen molar-refractivity contribution in [1.29, 1.82) is 0 Å². The average molecular weight is 347 g/mol. The van der Waals surface area contributed by atoms with Crippen molar-refractivity contribution in [3.63, 3.8) is 0 Å². The molecule has 0 spiro atoms. The summed E-state index contributed by atoms with van der Waals surface area (Å²) in [4.78, 5) is 10.6. The molecule has 0 aliphatic carbocycles. The van der Waals surface area contributed by atoms with Crippen molar-refractivity contribution in [2.24, 2.45) is 0 Å². The van der Waals surface area contributed by atoms with Gasteiger partial charge in [0.05, 0.1) is 28.8 Å². The Morgan fingerprint density at radius 1 is 1.04 bits per heavy atom. The Labute approximate surface area is 151 Å². The van der Waals surface area contributed by atoms with Gasteiger partial charge in [-0.1, -0.05) is 18.2 Å². The van der Waals surface area contributed by atoms with E-state index in [1.54, 1.807) is 0 Å². The summed E-state index contributed by atoms with van der Waals surface area (Å²) in [7, 11) is 0. The highest BCUT2D eigenvalue weighted by Crippen LogP contribution is 2.28. The molecule has 2 aromatic carbocycles. The molecular weight excluding hydrogens is 326 g/mol. The molecule has 2 aromatic heterocycles. The number of benzene rings is 2. The normalized spacial score (nSPS) is 20.9. The highest BCUT2D eigenvalue weighted by Gasteiger charge is 2.23. The van der Waals surface area contributed by atoms with Gasteiger partial charge in [0.25, 0.3) is 0 Å². The minimum atomic E-state index is 0.238. The van der Waals surface area contributed by atoms with E-state index in [4.69, 9.17) is 9.72 Å². The SMILES string of the molecule is CC1CN(c2ccc3nc(-c4n[nH]c5ccccc45)[nH]c3c2)CC(C)O1. The van der Waals surface area contributed by atoms with Gasteiger partial charge in [0.15, 0.2) is 5.82 Å². The lowest BCUT2D eigenvalue weighted by atomic mass is 10.2. The van der Waals surface area contributed by atoms with E-state index in [2.05, 4.69) is 58.2 Å². The third-order valence-electron chi connectivity index (χ3n) is 4.94. The number of imidazole rings is 1. The van der Waals surface area contributed by atoms with Crippen LogP contribution in [0.5, 0.6) is 0 Å². The number of nitrogens with zero attached hydrogens (tertiary/aromatic N) is 3. The second-order valence-corrected chi connectivity index (χ2v) is 7.07. The minimum absolute atomic E-state index is 0.238. The summed E-state index contributed by atoms with van der Waals surface area (Å²) >= 11 is 0. The van der Waals surface area contributed by atoms with Crippen molar-refractivity contribution >= 4 is 27.6 Å². The van der Waals surface area contributed by atoms with Crippen molar-refractivity contribution in [1.82, 2.24) is 20.2 Å². The van der Waals surface area contributed by atoms with Crippen LogP contribution in [0.1, 0.15) is 13.8 Å². The van der Waals surface area contributed by atoms with Crippen LogP contribution in [-0.4, -0.2) is 45.5 Å². The number of H-pyrrole nitrogens is 2. The van der Waals surface area contributed by atoms with Gasteiger partial charge >= 0.3 is 0 Å². The highest BCUT2D eigenvalue weighted by molar-refractivity contribution is 5.93. The van der Waals surface area contributed by atoms with Crippen LogP contribution < -0.4 is 4.90 Å². The Morgan fingerprint density at radius 2 is 1.85 bits per heavy atom. The van der Waals surface area contributed by atoms with Crippen LogP contribution in [0.4, 0.5) is 5.69 Å². The van der Waals surface area contributed by atoms with Gasteiger partial charge < -0.3 is 14.6 Å². The molecule has 4 aromatic rings. The standard InChI is InChI=1S/C20H21N5O/c1-12-10-25(11-13(2)26-12)14-7-8-17-18(9-14)22-20(21-17)19-15-5-3-4-6-16(15)23-24-19/h3-9,12-13H,10-11H2,1-2H3,(H,21,22)(H,23,24). The number of hydrogen-bond acceptors (Lipinski definition) is 4. The molecule has 1 saturated heterocycles. The summed E-state index contributed by atoms with van der Waals surface area (Å²) in [5, 5.41) is 8.59. The maximum atomic E-state index is 5.85. The Morgan fingerprint density at radius 3 is 2.69 bits per heavy atom. The van der Waals surface area contributed by atoms with E-state index < -0.39 is 0 Å². The van der Waals surface area contributed by atoms with Crippen LogP contribution in [0.3, 0.4) is 0 Å². The molecule has 26 heavy (non-hydrogen) atoms.